The number of esters is 2. The molecule has 10 nitrogen and oxygen atoms in total. The molecule has 0 saturated carbocycles. The number of hydrogen-bond acceptors (Lipinski definition) is 9. The lowest BCUT2D eigenvalue weighted by Crippen LogP contribution is -2.36. The molecule has 27 heavy (non-hydrogen) atoms. The third-order valence-corrected chi connectivity index (χ3v) is 4.44. The molecule has 11 heteroatoms. The van der Waals surface area contributed by atoms with Crippen molar-refractivity contribution in [3.8, 4) is 6.07 Å². The van der Waals surface area contributed by atoms with Gasteiger partial charge >= 0.3 is 23.9 Å². The van der Waals surface area contributed by atoms with E-state index >= 15 is 0 Å². The van der Waals surface area contributed by atoms with E-state index in [2.05, 4.69) is 0 Å². The van der Waals surface area contributed by atoms with Gasteiger partial charge < -0.3 is 24.6 Å². The number of aromatic carboxylic acids is 1. The van der Waals surface area contributed by atoms with Crippen molar-refractivity contribution in [3.63, 3.8) is 0 Å². The number of thiophene rings is 1. The summed E-state index contributed by atoms with van der Waals surface area (Å²) in [6.45, 7) is 2.49. The highest BCUT2D eigenvalue weighted by atomic mass is 32.1. The van der Waals surface area contributed by atoms with E-state index < -0.39 is 43.4 Å². The van der Waals surface area contributed by atoms with E-state index in [0.717, 1.165) is 4.90 Å². The Kier molecular flexibility index (Phi) is 8.22. The summed E-state index contributed by atoms with van der Waals surface area (Å²) in [5.74, 6) is -4.13. The minimum Gasteiger partial charge on any atom is -0.481 e. The Hall–Kier alpha value is -3.13. The Balaban J connectivity index is 3.43. The van der Waals surface area contributed by atoms with Crippen LogP contribution >= 0.6 is 11.3 Å². The molecule has 1 aromatic heterocycles. The van der Waals surface area contributed by atoms with Crippen LogP contribution in [-0.4, -0.2) is 60.4 Å². The van der Waals surface area contributed by atoms with E-state index in [9.17, 15) is 29.5 Å². The highest BCUT2D eigenvalue weighted by molar-refractivity contribution is 7.18. The molecule has 0 saturated heterocycles. The van der Waals surface area contributed by atoms with Gasteiger partial charge in [0.2, 0.25) is 0 Å². The van der Waals surface area contributed by atoms with Gasteiger partial charge in [-0.25, -0.2) is 4.79 Å². The Morgan fingerprint density at radius 2 is 1.59 bits per heavy atom. The van der Waals surface area contributed by atoms with Crippen LogP contribution < -0.4 is 4.90 Å². The molecule has 0 atom stereocenters. The topological polar surface area (TPSA) is 154 Å². The monoisotopic (exact) mass is 398 g/mol. The summed E-state index contributed by atoms with van der Waals surface area (Å²) in [7, 11) is 0. The number of carboxylic acids is 2. The second-order valence-corrected chi connectivity index (χ2v) is 6.04. The van der Waals surface area contributed by atoms with Crippen LogP contribution in [-0.2, 0) is 30.3 Å². The maximum Gasteiger partial charge on any atom is 0.346 e. The Morgan fingerprint density at radius 3 is 1.96 bits per heavy atom. The zero-order valence-electron chi connectivity index (χ0n) is 14.7. The van der Waals surface area contributed by atoms with Crippen LogP contribution in [0.3, 0.4) is 0 Å². The maximum absolute atomic E-state index is 11.9. The smallest absolute Gasteiger partial charge is 0.346 e. The Bertz CT molecular complexity index is 760. The number of carbonyl (C=O) groups excluding carboxylic acids is 2. The summed E-state index contributed by atoms with van der Waals surface area (Å²) in [6, 6.07) is 1.77. The molecular weight excluding hydrogens is 380 g/mol. The molecule has 0 unspecified atom stereocenters. The number of ether oxygens (including phenoxy) is 2. The van der Waals surface area contributed by atoms with Gasteiger partial charge in [-0.05, 0) is 13.8 Å². The summed E-state index contributed by atoms with van der Waals surface area (Å²) in [5.41, 5.74) is -0.399. The Labute approximate surface area is 158 Å². The lowest BCUT2D eigenvalue weighted by molar-refractivity contribution is -0.142. The first-order chi connectivity index (χ1) is 12.7. The van der Waals surface area contributed by atoms with E-state index in [1.807, 2.05) is 0 Å². The van der Waals surface area contributed by atoms with Gasteiger partial charge in [-0.3, -0.25) is 14.4 Å². The van der Waals surface area contributed by atoms with Crippen LogP contribution in [0.15, 0.2) is 0 Å². The van der Waals surface area contributed by atoms with Crippen molar-refractivity contribution in [2.45, 2.75) is 20.3 Å². The summed E-state index contributed by atoms with van der Waals surface area (Å²) in [4.78, 5) is 47.1. The summed E-state index contributed by atoms with van der Waals surface area (Å²) < 4.78 is 9.67. The van der Waals surface area contributed by atoms with Crippen LogP contribution in [0.1, 0.15) is 34.6 Å². The number of hydrogen-bond donors (Lipinski definition) is 2. The fourth-order valence-corrected chi connectivity index (χ4v) is 3.31. The van der Waals surface area contributed by atoms with Crippen molar-refractivity contribution in [3.05, 3.63) is 16.0 Å². The van der Waals surface area contributed by atoms with Gasteiger partial charge in [0.1, 0.15) is 29.0 Å². The number of rotatable bonds is 10. The van der Waals surface area contributed by atoms with Crippen molar-refractivity contribution >= 4 is 40.2 Å². The first-order valence-corrected chi connectivity index (χ1v) is 8.63. The molecule has 0 amide bonds. The molecule has 0 spiro atoms. The van der Waals surface area contributed by atoms with Crippen molar-refractivity contribution in [1.29, 1.82) is 5.26 Å². The lowest BCUT2D eigenvalue weighted by Gasteiger charge is -2.21. The van der Waals surface area contributed by atoms with Gasteiger partial charge in [-0.1, -0.05) is 0 Å². The molecule has 0 aliphatic rings. The van der Waals surface area contributed by atoms with Crippen molar-refractivity contribution < 1.29 is 38.9 Å². The number of anilines is 1. The fourth-order valence-electron chi connectivity index (χ4n) is 2.21. The molecule has 0 radical (unpaired) electrons. The summed E-state index contributed by atoms with van der Waals surface area (Å²) >= 11 is 0.614. The number of carbonyl (C=O) groups is 4. The van der Waals surface area contributed by atoms with Crippen LogP contribution in [0.4, 0.5) is 5.00 Å². The van der Waals surface area contributed by atoms with Crippen LogP contribution in [0.25, 0.3) is 0 Å². The lowest BCUT2D eigenvalue weighted by atomic mass is 10.1. The van der Waals surface area contributed by atoms with E-state index in [1.165, 1.54) is 0 Å². The van der Waals surface area contributed by atoms with E-state index in [0.29, 0.717) is 11.3 Å². The standard InChI is InChI=1S/C16H18N2O8S/c1-3-25-12(21)7-18(8-13(22)26-4-2)15-10(6-17)9(5-11(19)20)14(27-15)16(23)24/h3-5,7-8H2,1-2H3,(H,19,20)(H,23,24). The fraction of sp³-hybridized carbons (Fsp3) is 0.438. The second-order valence-electron chi connectivity index (χ2n) is 5.04. The third kappa shape index (κ3) is 5.96. The second kappa shape index (κ2) is 10.1. The van der Waals surface area contributed by atoms with Crippen LogP contribution in [0, 0.1) is 11.3 Å². The molecule has 0 aliphatic heterocycles. The minimum atomic E-state index is -1.41. The van der Waals surface area contributed by atoms with Crippen molar-refractivity contribution in [1.82, 2.24) is 0 Å². The van der Waals surface area contributed by atoms with Gasteiger partial charge in [0.15, 0.2) is 0 Å². The molecule has 1 rings (SSSR count). The molecule has 0 fully saturated rings. The predicted octanol–water partition coefficient (Wildman–Crippen LogP) is 0.878. The first kappa shape index (κ1) is 21.9. The minimum absolute atomic E-state index is 0.00717. The molecule has 1 heterocycles. The number of carboxylic acid groups (broad SMARTS) is 2. The third-order valence-electron chi connectivity index (χ3n) is 3.16. The van der Waals surface area contributed by atoms with Crippen LogP contribution in [0.5, 0.6) is 0 Å². The average molecular weight is 398 g/mol. The molecule has 146 valence electrons. The first-order valence-electron chi connectivity index (χ1n) is 7.82. The number of nitriles is 1. The number of nitrogens with zero attached hydrogens (tertiary/aromatic N) is 2. The molecule has 2 N–H and O–H groups in total. The van der Waals surface area contributed by atoms with E-state index in [-0.39, 0.29) is 34.2 Å². The normalized spacial score (nSPS) is 9.96. The largest absolute Gasteiger partial charge is 0.481 e. The van der Waals surface area contributed by atoms with Crippen molar-refractivity contribution in [2.24, 2.45) is 0 Å². The predicted molar refractivity (Wildman–Crippen MR) is 92.8 cm³/mol. The summed E-state index contributed by atoms with van der Waals surface area (Å²) in [6.07, 6.45) is -0.687. The SMILES string of the molecule is CCOC(=O)CN(CC(=O)OCC)c1sc(C(=O)O)c(CC(=O)O)c1C#N. The molecule has 0 bridgehead atoms. The zero-order valence-corrected chi connectivity index (χ0v) is 15.5. The van der Waals surface area contributed by atoms with E-state index in [1.54, 1.807) is 19.9 Å². The van der Waals surface area contributed by atoms with Gasteiger partial charge in [0.05, 0.1) is 25.2 Å². The molecule has 0 aromatic carbocycles. The van der Waals surface area contributed by atoms with E-state index in [4.69, 9.17) is 14.6 Å². The van der Waals surface area contributed by atoms with Gasteiger partial charge in [0, 0.05) is 5.56 Å². The number of aliphatic carboxylic acids is 1. The van der Waals surface area contributed by atoms with Gasteiger partial charge in [-0.15, -0.1) is 11.3 Å². The zero-order chi connectivity index (χ0) is 20.6. The van der Waals surface area contributed by atoms with Crippen molar-refractivity contribution in [2.75, 3.05) is 31.2 Å². The van der Waals surface area contributed by atoms with Gasteiger partial charge in [0.25, 0.3) is 0 Å². The average Bonchev–Trinajstić information content (AvgIpc) is 2.92. The van der Waals surface area contributed by atoms with Crippen LogP contribution in [0.2, 0.25) is 0 Å². The Morgan fingerprint density at radius 1 is 1.07 bits per heavy atom. The molecule has 1 aromatic rings. The quantitative estimate of drug-likeness (QED) is 0.543. The highest BCUT2D eigenvalue weighted by Gasteiger charge is 2.29. The molecule has 0 aliphatic carbocycles. The summed E-state index contributed by atoms with van der Waals surface area (Å²) in [5, 5.41) is 27.8. The molecular formula is C16H18N2O8S. The highest BCUT2D eigenvalue weighted by Crippen LogP contribution is 2.36. The maximum atomic E-state index is 11.9. The van der Waals surface area contributed by atoms with Gasteiger partial charge in [-0.2, -0.15) is 5.26 Å².